The number of aryl methyl sites for hydroxylation is 1. The van der Waals surface area contributed by atoms with Gasteiger partial charge in [0.1, 0.15) is 0 Å². The van der Waals surface area contributed by atoms with E-state index < -0.39 is 0 Å². The minimum absolute atomic E-state index is 0.705. The average Bonchev–Trinajstić information content (AvgIpc) is 2.64. The summed E-state index contributed by atoms with van der Waals surface area (Å²) in [4.78, 5) is 2.55. The molecule has 2 rings (SSSR count). The van der Waals surface area contributed by atoms with Gasteiger partial charge in [-0.25, -0.2) is 0 Å². The standard InChI is InChI=1S/C13H18BrN/c1-3-11-9-12(14)6-7-13(11)15-8-4-5-10(15)2/h6-7,9-10H,3-5,8H2,1-2H3. The van der Waals surface area contributed by atoms with E-state index in [-0.39, 0.29) is 0 Å². The molecule has 1 aliphatic rings. The highest BCUT2D eigenvalue weighted by Gasteiger charge is 2.21. The van der Waals surface area contributed by atoms with Gasteiger partial charge in [0.15, 0.2) is 0 Å². The molecule has 1 fully saturated rings. The highest BCUT2D eigenvalue weighted by atomic mass is 79.9. The van der Waals surface area contributed by atoms with Gasteiger partial charge in [-0.05, 0) is 49.9 Å². The average molecular weight is 268 g/mol. The Balaban J connectivity index is 2.34. The number of hydrogen-bond acceptors (Lipinski definition) is 1. The zero-order valence-electron chi connectivity index (χ0n) is 9.46. The zero-order valence-corrected chi connectivity index (χ0v) is 11.0. The third kappa shape index (κ3) is 2.20. The molecule has 0 N–H and O–H groups in total. The van der Waals surface area contributed by atoms with Crippen molar-refractivity contribution in [2.45, 2.75) is 39.2 Å². The van der Waals surface area contributed by atoms with Crippen molar-refractivity contribution in [2.75, 3.05) is 11.4 Å². The van der Waals surface area contributed by atoms with Crippen molar-refractivity contribution >= 4 is 21.6 Å². The fraction of sp³-hybridized carbons (Fsp3) is 0.538. The summed E-state index contributed by atoms with van der Waals surface area (Å²) in [6.07, 6.45) is 3.78. The number of halogens is 1. The van der Waals surface area contributed by atoms with E-state index in [1.807, 2.05) is 0 Å². The quantitative estimate of drug-likeness (QED) is 0.783. The second-order valence-electron chi connectivity index (χ2n) is 4.31. The largest absolute Gasteiger partial charge is 0.369 e. The summed E-state index contributed by atoms with van der Waals surface area (Å²) in [7, 11) is 0. The van der Waals surface area contributed by atoms with Crippen LogP contribution in [-0.4, -0.2) is 12.6 Å². The molecular weight excluding hydrogens is 250 g/mol. The van der Waals surface area contributed by atoms with Gasteiger partial charge in [0.05, 0.1) is 0 Å². The molecule has 0 spiro atoms. The van der Waals surface area contributed by atoms with E-state index in [1.54, 1.807) is 0 Å². The molecule has 0 amide bonds. The van der Waals surface area contributed by atoms with E-state index in [4.69, 9.17) is 0 Å². The summed E-state index contributed by atoms with van der Waals surface area (Å²) in [5.41, 5.74) is 2.89. The van der Waals surface area contributed by atoms with Crippen LogP contribution in [0.4, 0.5) is 5.69 Å². The summed E-state index contributed by atoms with van der Waals surface area (Å²) >= 11 is 3.54. The number of rotatable bonds is 2. The molecule has 1 aliphatic heterocycles. The SMILES string of the molecule is CCc1cc(Br)ccc1N1CCCC1C. The molecular formula is C13H18BrN. The minimum atomic E-state index is 0.705. The van der Waals surface area contributed by atoms with Crippen LogP contribution in [0.2, 0.25) is 0 Å². The molecule has 0 aromatic heterocycles. The maximum Gasteiger partial charge on any atom is 0.0401 e. The van der Waals surface area contributed by atoms with Gasteiger partial charge < -0.3 is 4.90 Å². The first-order valence-corrected chi connectivity index (χ1v) is 6.56. The lowest BCUT2D eigenvalue weighted by Crippen LogP contribution is -2.27. The molecule has 15 heavy (non-hydrogen) atoms. The summed E-state index contributed by atoms with van der Waals surface area (Å²) in [5, 5.41) is 0. The first-order chi connectivity index (χ1) is 7.22. The van der Waals surface area contributed by atoms with Gasteiger partial charge in [-0.3, -0.25) is 0 Å². The van der Waals surface area contributed by atoms with Crippen molar-refractivity contribution in [3.05, 3.63) is 28.2 Å². The number of benzene rings is 1. The highest BCUT2D eigenvalue weighted by molar-refractivity contribution is 9.10. The molecule has 0 saturated carbocycles. The number of anilines is 1. The molecule has 1 heterocycles. The van der Waals surface area contributed by atoms with Crippen molar-refractivity contribution in [3.63, 3.8) is 0 Å². The molecule has 0 radical (unpaired) electrons. The number of hydrogen-bond donors (Lipinski definition) is 0. The zero-order chi connectivity index (χ0) is 10.8. The summed E-state index contributed by atoms with van der Waals surface area (Å²) < 4.78 is 1.19. The molecule has 1 atom stereocenters. The molecule has 2 heteroatoms. The molecule has 82 valence electrons. The fourth-order valence-electron chi connectivity index (χ4n) is 2.41. The molecule has 1 aromatic carbocycles. The van der Waals surface area contributed by atoms with Crippen LogP contribution in [0.3, 0.4) is 0 Å². The van der Waals surface area contributed by atoms with Crippen molar-refractivity contribution in [1.29, 1.82) is 0 Å². The molecule has 1 nitrogen and oxygen atoms in total. The van der Waals surface area contributed by atoms with Gasteiger partial charge in [0.25, 0.3) is 0 Å². The maximum absolute atomic E-state index is 3.54. The topological polar surface area (TPSA) is 3.24 Å². The van der Waals surface area contributed by atoms with Crippen molar-refractivity contribution in [1.82, 2.24) is 0 Å². The maximum atomic E-state index is 3.54. The molecule has 1 unspecified atom stereocenters. The normalized spacial score (nSPS) is 21.0. The van der Waals surface area contributed by atoms with Crippen molar-refractivity contribution in [3.8, 4) is 0 Å². The fourth-order valence-corrected chi connectivity index (χ4v) is 2.82. The predicted molar refractivity (Wildman–Crippen MR) is 69.6 cm³/mol. The van der Waals surface area contributed by atoms with Gasteiger partial charge in [-0.15, -0.1) is 0 Å². The van der Waals surface area contributed by atoms with Gasteiger partial charge in [0, 0.05) is 22.7 Å². The highest BCUT2D eigenvalue weighted by Crippen LogP contribution is 2.30. The van der Waals surface area contributed by atoms with Crippen LogP contribution in [0, 0.1) is 0 Å². The van der Waals surface area contributed by atoms with Gasteiger partial charge in [-0.2, -0.15) is 0 Å². The smallest absolute Gasteiger partial charge is 0.0401 e. The van der Waals surface area contributed by atoms with E-state index >= 15 is 0 Å². The van der Waals surface area contributed by atoms with Crippen LogP contribution in [0.1, 0.15) is 32.3 Å². The van der Waals surface area contributed by atoms with E-state index in [0.717, 1.165) is 6.42 Å². The Bertz CT molecular complexity index is 348. The van der Waals surface area contributed by atoms with Crippen LogP contribution < -0.4 is 4.90 Å². The van der Waals surface area contributed by atoms with Crippen LogP contribution >= 0.6 is 15.9 Å². The Kier molecular flexibility index (Phi) is 3.35. The lowest BCUT2D eigenvalue weighted by atomic mass is 10.1. The van der Waals surface area contributed by atoms with Gasteiger partial charge in [0.2, 0.25) is 0 Å². The lowest BCUT2D eigenvalue weighted by Gasteiger charge is -2.26. The third-order valence-corrected chi connectivity index (χ3v) is 3.78. The third-order valence-electron chi connectivity index (χ3n) is 3.28. The molecule has 1 aromatic rings. The predicted octanol–water partition coefficient (Wildman–Crippen LogP) is 4.00. The van der Waals surface area contributed by atoms with E-state index in [9.17, 15) is 0 Å². The monoisotopic (exact) mass is 267 g/mol. The second-order valence-corrected chi connectivity index (χ2v) is 5.23. The Morgan fingerprint density at radius 3 is 2.87 bits per heavy atom. The minimum Gasteiger partial charge on any atom is -0.369 e. The van der Waals surface area contributed by atoms with Crippen LogP contribution in [-0.2, 0) is 6.42 Å². The first-order valence-electron chi connectivity index (χ1n) is 5.77. The van der Waals surface area contributed by atoms with Crippen LogP contribution in [0.5, 0.6) is 0 Å². The van der Waals surface area contributed by atoms with Gasteiger partial charge in [-0.1, -0.05) is 22.9 Å². The first kappa shape index (κ1) is 11.0. The molecule has 0 bridgehead atoms. The summed E-state index contributed by atoms with van der Waals surface area (Å²) in [6, 6.07) is 7.36. The van der Waals surface area contributed by atoms with Crippen LogP contribution in [0.15, 0.2) is 22.7 Å². The summed E-state index contributed by atoms with van der Waals surface area (Å²) in [6.45, 7) is 5.77. The van der Waals surface area contributed by atoms with Crippen LogP contribution in [0.25, 0.3) is 0 Å². The van der Waals surface area contributed by atoms with E-state index in [2.05, 4.69) is 52.9 Å². The van der Waals surface area contributed by atoms with Crippen molar-refractivity contribution in [2.24, 2.45) is 0 Å². The Morgan fingerprint density at radius 1 is 1.47 bits per heavy atom. The van der Waals surface area contributed by atoms with E-state index in [1.165, 1.54) is 35.1 Å². The molecule has 0 aliphatic carbocycles. The Labute approximate surface area is 101 Å². The van der Waals surface area contributed by atoms with Gasteiger partial charge >= 0.3 is 0 Å². The lowest BCUT2D eigenvalue weighted by molar-refractivity contribution is 0.732. The van der Waals surface area contributed by atoms with E-state index in [0.29, 0.717) is 6.04 Å². The van der Waals surface area contributed by atoms with Crippen molar-refractivity contribution < 1.29 is 0 Å². The Hall–Kier alpha value is -0.500. The Morgan fingerprint density at radius 2 is 2.27 bits per heavy atom. The molecule has 1 saturated heterocycles. The number of nitrogens with zero attached hydrogens (tertiary/aromatic N) is 1. The summed E-state index contributed by atoms with van der Waals surface area (Å²) in [5.74, 6) is 0. The second kappa shape index (κ2) is 4.56.